The van der Waals surface area contributed by atoms with E-state index in [1.807, 2.05) is 12.1 Å². The molecule has 0 aliphatic heterocycles. The second-order valence-corrected chi connectivity index (χ2v) is 7.49. The Bertz CT molecular complexity index is 1170. The van der Waals surface area contributed by atoms with Gasteiger partial charge in [-0.15, -0.1) is 0 Å². The van der Waals surface area contributed by atoms with Crippen molar-refractivity contribution < 1.29 is 5.11 Å². The molecule has 0 amide bonds. The van der Waals surface area contributed by atoms with Gasteiger partial charge >= 0.3 is 0 Å². The van der Waals surface area contributed by atoms with Crippen molar-refractivity contribution in [2.24, 2.45) is 0 Å². The Morgan fingerprint density at radius 1 is 0.481 bits per heavy atom. The van der Waals surface area contributed by atoms with E-state index in [0.717, 1.165) is 16.3 Å². The summed E-state index contributed by atoms with van der Waals surface area (Å²) in [6.45, 7) is 8.55. The van der Waals surface area contributed by atoms with E-state index < -0.39 is 0 Å². The number of fused-ring (bicyclic) bond motifs is 1. The van der Waals surface area contributed by atoms with Crippen LogP contribution < -0.4 is 0 Å². The van der Waals surface area contributed by atoms with Gasteiger partial charge in [-0.25, -0.2) is 0 Å². The molecule has 0 saturated carbocycles. The number of hydrogen-bond donors (Lipinski definition) is 1. The maximum atomic E-state index is 10.4. The molecule has 0 spiro atoms. The number of aryl methyl sites for hydroxylation is 4. The van der Waals surface area contributed by atoms with Gasteiger partial charge in [0.25, 0.3) is 0 Å². The molecule has 0 saturated heterocycles. The van der Waals surface area contributed by atoms with Crippen molar-refractivity contribution in [3.8, 4) is 28.0 Å². The summed E-state index contributed by atoms with van der Waals surface area (Å²) >= 11 is 0. The van der Waals surface area contributed by atoms with Crippen molar-refractivity contribution in [3.05, 3.63) is 89.0 Å². The lowest BCUT2D eigenvalue weighted by atomic mass is 9.92. The molecule has 1 heteroatoms. The Balaban J connectivity index is 1.95. The van der Waals surface area contributed by atoms with Crippen molar-refractivity contribution in [1.29, 1.82) is 0 Å². The van der Waals surface area contributed by atoms with Crippen LogP contribution in [-0.2, 0) is 0 Å². The number of phenols is 1. The lowest BCUT2D eigenvalue weighted by molar-refractivity contribution is 0.481. The maximum Gasteiger partial charge on any atom is 0.123 e. The van der Waals surface area contributed by atoms with Crippen LogP contribution in [0.15, 0.2) is 66.7 Å². The molecule has 0 heterocycles. The second kappa shape index (κ2) is 6.59. The van der Waals surface area contributed by atoms with E-state index in [0.29, 0.717) is 5.75 Å². The summed E-state index contributed by atoms with van der Waals surface area (Å²) in [5, 5.41) is 12.3. The number of benzene rings is 4. The molecule has 0 fully saturated rings. The number of aromatic hydroxyl groups is 1. The summed E-state index contributed by atoms with van der Waals surface area (Å²) in [7, 11) is 0. The largest absolute Gasteiger partial charge is 0.507 e. The van der Waals surface area contributed by atoms with Crippen LogP contribution in [0.2, 0.25) is 0 Å². The third-order valence-corrected chi connectivity index (χ3v) is 5.65. The fourth-order valence-corrected chi connectivity index (χ4v) is 3.59. The molecule has 134 valence electrons. The minimum Gasteiger partial charge on any atom is -0.507 e. The SMILES string of the molecule is Cc1ccc(-c2ccc3c(O)ccc(-c4ccc(C)c(C)c4)c3c2)cc1C. The first-order valence-corrected chi connectivity index (χ1v) is 9.35. The van der Waals surface area contributed by atoms with Crippen LogP contribution in [0.1, 0.15) is 22.3 Å². The van der Waals surface area contributed by atoms with Gasteiger partial charge in [0.15, 0.2) is 0 Å². The Hall–Kier alpha value is -3.06. The minimum absolute atomic E-state index is 0.323. The Labute approximate surface area is 160 Å². The molecule has 27 heavy (non-hydrogen) atoms. The number of hydrogen-bond acceptors (Lipinski definition) is 1. The molecule has 0 atom stereocenters. The maximum absolute atomic E-state index is 10.4. The summed E-state index contributed by atoms with van der Waals surface area (Å²) in [6, 6.07) is 23.3. The van der Waals surface area contributed by atoms with Crippen LogP contribution in [0, 0.1) is 27.7 Å². The van der Waals surface area contributed by atoms with E-state index >= 15 is 0 Å². The van der Waals surface area contributed by atoms with Gasteiger partial charge in [-0.05, 0) is 89.7 Å². The van der Waals surface area contributed by atoms with E-state index in [9.17, 15) is 5.11 Å². The van der Waals surface area contributed by atoms with Gasteiger partial charge in [-0.3, -0.25) is 0 Å². The zero-order valence-electron chi connectivity index (χ0n) is 16.3. The van der Waals surface area contributed by atoms with Crippen molar-refractivity contribution in [2.45, 2.75) is 27.7 Å². The summed E-state index contributed by atoms with van der Waals surface area (Å²) in [5.74, 6) is 0.323. The van der Waals surface area contributed by atoms with Gasteiger partial charge in [-0.1, -0.05) is 54.6 Å². The standard InChI is InChI=1S/C26H24O/c1-16-5-7-20(13-18(16)3)21-9-10-24-25(15-21)23(11-12-26(24)27)22-8-6-17(2)19(4)14-22/h5-15,27H,1-4H3. The van der Waals surface area contributed by atoms with E-state index in [1.165, 1.54) is 38.9 Å². The third kappa shape index (κ3) is 3.10. The lowest BCUT2D eigenvalue weighted by Crippen LogP contribution is -1.88. The average molecular weight is 352 g/mol. The Morgan fingerprint density at radius 3 is 1.70 bits per heavy atom. The molecule has 0 unspecified atom stereocenters. The summed E-state index contributed by atoms with van der Waals surface area (Å²) in [5.41, 5.74) is 9.86. The van der Waals surface area contributed by atoms with Gasteiger partial charge in [-0.2, -0.15) is 0 Å². The molecular formula is C26H24O. The zero-order valence-corrected chi connectivity index (χ0v) is 16.3. The zero-order chi connectivity index (χ0) is 19.1. The third-order valence-electron chi connectivity index (χ3n) is 5.65. The molecule has 0 bridgehead atoms. The van der Waals surface area contributed by atoms with Crippen LogP contribution in [-0.4, -0.2) is 5.11 Å². The molecule has 1 N–H and O–H groups in total. The van der Waals surface area contributed by atoms with Crippen LogP contribution in [0.4, 0.5) is 0 Å². The molecular weight excluding hydrogens is 328 g/mol. The first-order valence-electron chi connectivity index (χ1n) is 9.35. The summed E-state index contributed by atoms with van der Waals surface area (Å²) in [6.07, 6.45) is 0. The average Bonchev–Trinajstić information content (AvgIpc) is 2.66. The molecule has 1 nitrogen and oxygen atoms in total. The normalized spacial score (nSPS) is 11.1. The van der Waals surface area contributed by atoms with Gasteiger partial charge < -0.3 is 5.11 Å². The summed E-state index contributed by atoms with van der Waals surface area (Å²) < 4.78 is 0. The van der Waals surface area contributed by atoms with E-state index in [2.05, 4.69) is 76.2 Å². The highest BCUT2D eigenvalue weighted by atomic mass is 16.3. The Kier molecular flexibility index (Phi) is 4.24. The monoisotopic (exact) mass is 352 g/mol. The van der Waals surface area contributed by atoms with Crippen LogP contribution in [0.3, 0.4) is 0 Å². The highest BCUT2D eigenvalue weighted by Crippen LogP contribution is 2.37. The van der Waals surface area contributed by atoms with Crippen molar-refractivity contribution >= 4 is 10.8 Å². The molecule has 0 aromatic heterocycles. The van der Waals surface area contributed by atoms with Crippen molar-refractivity contribution in [1.82, 2.24) is 0 Å². The first kappa shape index (κ1) is 17.4. The molecule has 0 radical (unpaired) electrons. The molecule has 4 aromatic rings. The van der Waals surface area contributed by atoms with E-state index in [1.54, 1.807) is 6.07 Å². The molecule has 0 aliphatic rings. The van der Waals surface area contributed by atoms with E-state index in [4.69, 9.17) is 0 Å². The quantitative estimate of drug-likeness (QED) is 0.407. The van der Waals surface area contributed by atoms with Crippen molar-refractivity contribution in [3.63, 3.8) is 0 Å². The molecule has 4 aromatic carbocycles. The first-order chi connectivity index (χ1) is 12.9. The van der Waals surface area contributed by atoms with Gasteiger partial charge in [0.1, 0.15) is 5.75 Å². The smallest absolute Gasteiger partial charge is 0.123 e. The van der Waals surface area contributed by atoms with Crippen LogP contribution in [0.5, 0.6) is 5.75 Å². The fourth-order valence-electron chi connectivity index (χ4n) is 3.59. The van der Waals surface area contributed by atoms with E-state index in [-0.39, 0.29) is 0 Å². The topological polar surface area (TPSA) is 20.2 Å². The van der Waals surface area contributed by atoms with Gasteiger partial charge in [0.2, 0.25) is 0 Å². The van der Waals surface area contributed by atoms with Crippen LogP contribution >= 0.6 is 0 Å². The predicted octanol–water partition coefficient (Wildman–Crippen LogP) is 7.11. The number of phenolic OH excluding ortho intramolecular Hbond substituents is 1. The number of rotatable bonds is 2. The van der Waals surface area contributed by atoms with Crippen LogP contribution in [0.25, 0.3) is 33.0 Å². The Morgan fingerprint density at radius 2 is 1.04 bits per heavy atom. The fraction of sp³-hybridized carbons (Fsp3) is 0.154. The predicted molar refractivity (Wildman–Crippen MR) is 115 cm³/mol. The lowest BCUT2D eigenvalue weighted by Gasteiger charge is -2.13. The highest BCUT2D eigenvalue weighted by Gasteiger charge is 2.10. The summed E-state index contributed by atoms with van der Waals surface area (Å²) in [4.78, 5) is 0. The van der Waals surface area contributed by atoms with Crippen molar-refractivity contribution in [2.75, 3.05) is 0 Å². The second-order valence-electron chi connectivity index (χ2n) is 7.49. The molecule has 0 aliphatic carbocycles. The van der Waals surface area contributed by atoms with Gasteiger partial charge in [0, 0.05) is 5.39 Å². The highest BCUT2D eigenvalue weighted by molar-refractivity contribution is 6.02. The van der Waals surface area contributed by atoms with Gasteiger partial charge in [0.05, 0.1) is 0 Å². The minimum atomic E-state index is 0.323. The molecule has 4 rings (SSSR count).